The Kier molecular flexibility index (Phi) is 5.03. The van der Waals surface area contributed by atoms with Crippen LogP contribution >= 0.6 is 27.5 Å². The standard InChI is InChI=1S/C22H13BrClNO3/c23-19-11-16(24)9-15(21(19)26)12-25-17-7-5-13(6-8-17)18-10-14-3-1-2-4-20(14)28-22(18)27/h1-12,26H. The van der Waals surface area contributed by atoms with Crippen LogP contribution < -0.4 is 5.63 Å². The van der Waals surface area contributed by atoms with Gasteiger partial charge in [-0.2, -0.15) is 0 Å². The minimum Gasteiger partial charge on any atom is -0.506 e. The summed E-state index contributed by atoms with van der Waals surface area (Å²) in [5.41, 5.74) is 2.58. The maximum Gasteiger partial charge on any atom is 0.344 e. The van der Waals surface area contributed by atoms with Gasteiger partial charge in [0.1, 0.15) is 11.3 Å². The number of hydrogen-bond donors (Lipinski definition) is 1. The molecule has 28 heavy (non-hydrogen) atoms. The van der Waals surface area contributed by atoms with Gasteiger partial charge in [-0.05, 0) is 57.9 Å². The van der Waals surface area contributed by atoms with Crippen LogP contribution in [0.25, 0.3) is 22.1 Å². The third kappa shape index (κ3) is 3.72. The van der Waals surface area contributed by atoms with E-state index in [1.807, 2.05) is 24.3 Å². The minimum absolute atomic E-state index is 0.0681. The maximum atomic E-state index is 12.3. The first-order chi connectivity index (χ1) is 13.5. The van der Waals surface area contributed by atoms with Gasteiger partial charge in [0.15, 0.2) is 0 Å². The van der Waals surface area contributed by atoms with Crippen molar-refractivity contribution >= 4 is 50.4 Å². The average Bonchev–Trinajstić information content (AvgIpc) is 2.69. The van der Waals surface area contributed by atoms with Crippen LogP contribution in [0.4, 0.5) is 5.69 Å². The van der Waals surface area contributed by atoms with Gasteiger partial charge in [0.2, 0.25) is 0 Å². The molecule has 0 bridgehead atoms. The summed E-state index contributed by atoms with van der Waals surface area (Å²) in [6, 6.07) is 19.6. The Morgan fingerprint density at radius 3 is 2.57 bits per heavy atom. The minimum atomic E-state index is -0.386. The first kappa shape index (κ1) is 18.5. The topological polar surface area (TPSA) is 62.8 Å². The molecule has 0 atom stereocenters. The molecule has 0 aliphatic heterocycles. The predicted octanol–water partition coefficient (Wildman–Crippen LogP) is 6.33. The highest BCUT2D eigenvalue weighted by atomic mass is 79.9. The van der Waals surface area contributed by atoms with E-state index in [1.54, 1.807) is 42.5 Å². The number of fused-ring (bicyclic) bond motifs is 1. The van der Waals surface area contributed by atoms with Crippen molar-refractivity contribution in [2.24, 2.45) is 4.99 Å². The lowest BCUT2D eigenvalue weighted by atomic mass is 10.1. The van der Waals surface area contributed by atoms with Crippen LogP contribution in [-0.4, -0.2) is 11.3 Å². The molecule has 0 saturated heterocycles. The number of para-hydroxylation sites is 1. The monoisotopic (exact) mass is 453 g/mol. The van der Waals surface area contributed by atoms with Gasteiger partial charge in [0.05, 0.1) is 15.7 Å². The van der Waals surface area contributed by atoms with Crippen LogP contribution in [0.5, 0.6) is 5.75 Å². The van der Waals surface area contributed by atoms with Crippen molar-refractivity contribution in [2.45, 2.75) is 0 Å². The number of benzene rings is 3. The molecule has 0 saturated carbocycles. The van der Waals surface area contributed by atoms with Gasteiger partial charge in [-0.15, -0.1) is 0 Å². The Hall–Kier alpha value is -2.89. The van der Waals surface area contributed by atoms with Crippen molar-refractivity contribution in [1.82, 2.24) is 0 Å². The number of nitrogens with zero attached hydrogens (tertiary/aromatic N) is 1. The van der Waals surface area contributed by atoms with Gasteiger partial charge in [0, 0.05) is 22.2 Å². The fourth-order valence-electron chi connectivity index (χ4n) is 2.82. The average molecular weight is 455 g/mol. The molecule has 0 unspecified atom stereocenters. The van der Waals surface area contributed by atoms with Crippen LogP contribution in [0.15, 0.2) is 85.4 Å². The van der Waals surface area contributed by atoms with Crippen LogP contribution in [0, 0.1) is 0 Å². The normalized spacial score (nSPS) is 11.4. The molecule has 1 heterocycles. The molecule has 1 N–H and O–H groups in total. The van der Waals surface area contributed by atoms with Crippen LogP contribution in [-0.2, 0) is 0 Å². The fraction of sp³-hybridized carbons (Fsp3) is 0. The number of aromatic hydroxyl groups is 1. The summed E-state index contributed by atoms with van der Waals surface area (Å²) in [5.74, 6) is 0.0681. The summed E-state index contributed by atoms with van der Waals surface area (Å²) < 4.78 is 5.89. The largest absolute Gasteiger partial charge is 0.506 e. The molecule has 4 rings (SSSR count). The molecule has 138 valence electrons. The molecule has 4 nitrogen and oxygen atoms in total. The lowest BCUT2D eigenvalue weighted by Gasteiger charge is -2.04. The van der Waals surface area contributed by atoms with E-state index >= 15 is 0 Å². The molecule has 1 aromatic heterocycles. The van der Waals surface area contributed by atoms with Crippen LogP contribution in [0.1, 0.15) is 5.56 Å². The van der Waals surface area contributed by atoms with Crippen molar-refractivity contribution in [3.8, 4) is 16.9 Å². The zero-order valence-electron chi connectivity index (χ0n) is 14.4. The maximum absolute atomic E-state index is 12.3. The number of phenolic OH excluding ortho intramolecular Hbond substituents is 1. The Bertz CT molecular complexity index is 1260. The first-order valence-corrected chi connectivity index (χ1v) is 9.54. The van der Waals surface area contributed by atoms with E-state index in [4.69, 9.17) is 16.0 Å². The van der Waals surface area contributed by atoms with E-state index in [1.165, 1.54) is 6.21 Å². The molecular weight excluding hydrogens is 442 g/mol. The second kappa shape index (κ2) is 7.62. The van der Waals surface area contributed by atoms with E-state index in [0.29, 0.717) is 31.9 Å². The van der Waals surface area contributed by atoms with E-state index in [0.717, 1.165) is 10.9 Å². The van der Waals surface area contributed by atoms with Gasteiger partial charge in [0.25, 0.3) is 0 Å². The van der Waals surface area contributed by atoms with Gasteiger partial charge in [-0.3, -0.25) is 4.99 Å². The lowest BCUT2D eigenvalue weighted by molar-refractivity contribution is 0.471. The quantitative estimate of drug-likeness (QED) is 0.290. The fourth-order valence-corrected chi connectivity index (χ4v) is 3.65. The number of phenols is 1. The Labute approximate surface area is 173 Å². The van der Waals surface area contributed by atoms with Crippen LogP contribution in [0.3, 0.4) is 0 Å². The van der Waals surface area contributed by atoms with E-state index in [-0.39, 0.29) is 11.4 Å². The molecule has 0 aliphatic rings. The van der Waals surface area contributed by atoms with E-state index in [9.17, 15) is 9.90 Å². The highest BCUT2D eigenvalue weighted by Crippen LogP contribution is 2.31. The molecule has 3 aromatic carbocycles. The van der Waals surface area contributed by atoms with Crippen molar-refractivity contribution in [1.29, 1.82) is 0 Å². The molecule has 4 aromatic rings. The molecule has 0 aliphatic carbocycles. The zero-order valence-corrected chi connectivity index (χ0v) is 16.7. The van der Waals surface area contributed by atoms with E-state index in [2.05, 4.69) is 20.9 Å². The van der Waals surface area contributed by atoms with Gasteiger partial charge in [-0.25, -0.2) is 4.79 Å². The smallest absolute Gasteiger partial charge is 0.344 e. The highest BCUT2D eigenvalue weighted by molar-refractivity contribution is 9.10. The number of aliphatic imine (C=N–C) groups is 1. The zero-order chi connectivity index (χ0) is 19.7. The number of rotatable bonds is 3. The SMILES string of the molecule is O=c1oc2ccccc2cc1-c1ccc(N=Cc2cc(Cl)cc(Br)c2O)cc1. The molecule has 0 spiro atoms. The number of hydrogen-bond acceptors (Lipinski definition) is 4. The predicted molar refractivity (Wildman–Crippen MR) is 116 cm³/mol. The summed E-state index contributed by atoms with van der Waals surface area (Å²) in [6.45, 7) is 0. The Balaban J connectivity index is 1.65. The molecule has 0 amide bonds. The lowest BCUT2D eigenvalue weighted by Crippen LogP contribution is -2.02. The van der Waals surface area contributed by atoms with Crippen molar-refractivity contribution in [2.75, 3.05) is 0 Å². The second-order valence-corrected chi connectivity index (χ2v) is 7.41. The van der Waals surface area contributed by atoms with Crippen LogP contribution in [0.2, 0.25) is 5.02 Å². The first-order valence-electron chi connectivity index (χ1n) is 8.37. The summed E-state index contributed by atoms with van der Waals surface area (Å²) in [7, 11) is 0. The van der Waals surface area contributed by atoms with Gasteiger partial charge in [-0.1, -0.05) is 41.9 Å². The molecular formula is C22H13BrClNO3. The summed E-state index contributed by atoms with van der Waals surface area (Å²) in [5, 5.41) is 11.4. The Morgan fingerprint density at radius 2 is 1.79 bits per heavy atom. The third-order valence-corrected chi connectivity index (χ3v) is 5.05. The second-order valence-electron chi connectivity index (χ2n) is 6.12. The molecule has 0 radical (unpaired) electrons. The van der Waals surface area contributed by atoms with Crippen molar-refractivity contribution < 1.29 is 9.52 Å². The van der Waals surface area contributed by atoms with Gasteiger partial charge < -0.3 is 9.52 Å². The Morgan fingerprint density at radius 1 is 1.04 bits per heavy atom. The molecule has 6 heteroatoms. The van der Waals surface area contributed by atoms with Gasteiger partial charge >= 0.3 is 5.63 Å². The summed E-state index contributed by atoms with van der Waals surface area (Å²) in [6.07, 6.45) is 1.53. The third-order valence-electron chi connectivity index (χ3n) is 4.23. The van der Waals surface area contributed by atoms with E-state index < -0.39 is 0 Å². The summed E-state index contributed by atoms with van der Waals surface area (Å²) in [4.78, 5) is 16.7. The van der Waals surface area contributed by atoms with Crippen molar-refractivity contribution in [3.05, 3.63) is 92.2 Å². The summed E-state index contributed by atoms with van der Waals surface area (Å²) >= 11 is 9.26. The highest BCUT2D eigenvalue weighted by Gasteiger charge is 2.08. The molecule has 0 fully saturated rings. The van der Waals surface area contributed by atoms with Crippen molar-refractivity contribution in [3.63, 3.8) is 0 Å². The number of halogens is 2.